The average Bonchev–Trinajstić information content (AvgIpc) is 3.20. The summed E-state index contributed by atoms with van der Waals surface area (Å²) in [6, 6.07) is 4.52. The van der Waals surface area contributed by atoms with Gasteiger partial charge >= 0.3 is 0 Å². The predicted molar refractivity (Wildman–Crippen MR) is 139 cm³/mol. The lowest BCUT2D eigenvalue weighted by molar-refractivity contribution is 0.159. The Kier molecular flexibility index (Phi) is 9.45. The highest BCUT2D eigenvalue weighted by atomic mass is 16.3. The molecule has 2 N–H and O–H groups in total. The molecule has 7 nitrogen and oxygen atoms in total. The van der Waals surface area contributed by atoms with Crippen LogP contribution >= 0.6 is 0 Å². The molecule has 0 bridgehead atoms. The number of allylic oxidation sites excluding steroid dienone is 3. The van der Waals surface area contributed by atoms with Crippen LogP contribution in [0.2, 0.25) is 0 Å². The molecule has 2 atom stereocenters. The van der Waals surface area contributed by atoms with E-state index >= 15 is 0 Å². The second-order valence-electron chi connectivity index (χ2n) is 9.02. The van der Waals surface area contributed by atoms with Crippen molar-refractivity contribution >= 4 is 5.82 Å². The van der Waals surface area contributed by atoms with Crippen LogP contribution in [0.5, 0.6) is 0 Å². The maximum Gasteiger partial charge on any atom is 0.114 e. The van der Waals surface area contributed by atoms with Gasteiger partial charge in [0, 0.05) is 25.8 Å². The highest BCUT2D eigenvalue weighted by Crippen LogP contribution is 2.37. The molecule has 0 fully saturated rings. The van der Waals surface area contributed by atoms with Crippen molar-refractivity contribution in [2.45, 2.75) is 65.6 Å². The number of hydrogen-bond acceptors (Lipinski definition) is 6. The second kappa shape index (κ2) is 12.3. The molecule has 1 aliphatic carbocycles. The normalized spacial score (nSPS) is 17.4. The number of aliphatic hydroxyl groups is 1. The molecule has 0 spiro atoms. The summed E-state index contributed by atoms with van der Waals surface area (Å²) >= 11 is 0. The van der Waals surface area contributed by atoms with Gasteiger partial charge in [-0.05, 0) is 78.8 Å². The summed E-state index contributed by atoms with van der Waals surface area (Å²) in [5, 5.41) is 13.8. The minimum atomic E-state index is -0.0649. The fraction of sp³-hybridized carbons (Fsp3) is 0.556. The third-order valence-corrected chi connectivity index (χ3v) is 6.99. The maximum absolute atomic E-state index is 10.5. The molecule has 0 aliphatic heterocycles. The van der Waals surface area contributed by atoms with Crippen molar-refractivity contribution in [1.82, 2.24) is 29.7 Å². The van der Waals surface area contributed by atoms with Crippen LogP contribution in [0.15, 0.2) is 36.6 Å². The summed E-state index contributed by atoms with van der Waals surface area (Å²) in [4.78, 5) is 14.5. The van der Waals surface area contributed by atoms with Gasteiger partial charge in [0.05, 0.1) is 35.8 Å². The zero-order chi connectivity index (χ0) is 24.7. The number of fused-ring (bicyclic) bond motifs is 1. The molecule has 186 valence electrons. The number of likely N-dealkylation sites (N-methyl/N-ethyl adjacent to an activating group) is 2. The number of aryl methyl sites for hydroxylation is 2. The van der Waals surface area contributed by atoms with Crippen molar-refractivity contribution in [2.75, 3.05) is 33.7 Å². The van der Waals surface area contributed by atoms with Crippen LogP contribution in [0.3, 0.4) is 0 Å². The molecule has 0 saturated carbocycles. The van der Waals surface area contributed by atoms with Gasteiger partial charge < -0.3 is 15.3 Å². The monoisotopic (exact) mass is 466 g/mol. The fourth-order valence-electron chi connectivity index (χ4n) is 5.02. The number of pyridine rings is 1. The first kappa shape index (κ1) is 26.1. The lowest BCUT2D eigenvalue weighted by Gasteiger charge is -2.36. The van der Waals surface area contributed by atoms with E-state index in [0.29, 0.717) is 0 Å². The topological polar surface area (TPSA) is 69.5 Å². The number of rotatable bonds is 11. The summed E-state index contributed by atoms with van der Waals surface area (Å²) < 4.78 is 2.13. The Balaban J connectivity index is 2.01. The van der Waals surface area contributed by atoms with Crippen LogP contribution in [-0.2, 0) is 13.0 Å². The largest absolute Gasteiger partial charge is 0.390 e. The number of aromatic nitrogens is 3. The lowest BCUT2D eigenvalue weighted by Crippen LogP contribution is -2.33. The van der Waals surface area contributed by atoms with Gasteiger partial charge in [0.2, 0.25) is 0 Å². The van der Waals surface area contributed by atoms with Gasteiger partial charge in [-0.25, -0.2) is 4.98 Å². The van der Waals surface area contributed by atoms with E-state index in [1.54, 1.807) is 0 Å². The maximum atomic E-state index is 10.5. The van der Waals surface area contributed by atoms with E-state index in [-0.39, 0.29) is 18.7 Å². The first-order chi connectivity index (χ1) is 16.5. The predicted octanol–water partition coefficient (Wildman–Crippen LogP) is 4.07. The van der Waals surface area contributed by atoms with Gasteiger partial charge in [-0.3, -0.25) is 14.5 Å². The van der Waals surface area contributed by atoms with Crippen molar-refractivity contribution in [3.63, 3.8) is 0 Å². The lowest BCUT2D eigenvalue weighted by atomic mass is 9.90. The molecular weight excluding hydrogens is 424 g/mol. The Morgan fingerprint density at radius 1 is 1.41 bits per heavy atom. The molecule has 2 aromatic rings. The highest BCUT2D eigenvalue weighted by Gasteiger charge is 2.31. The molecule has 2 aromatic heterocycles. The smallest absolute Gasteiger partial charge is 0.114 e. The molecule has 1 unspecified atom stereocenters. The second-order valence-corrected chi connectivity index (χ2v) is 9.02. The highest BCUT2D eigenvalue weighted by molar-refractivity contribution is 5.50. The molecule has 34 heavy (non-hydrogen) atoms. The Labute approximate surface area is 205 Å². The molecule has 0 saturated heterocycles. The van der Waals surface area contributed by atoms with Gasteiger partial charge in [-0.2, -0.15) is 0 Å². The number of imidazole rings is 1. The summed E-state index contributed by atoms with van der Waals surface area (Å²) in [6.07, 6.45) is 11.4. The Hall–Kier alpha value is -2.48. The van der Waals surface area contributed by atoms with E-state index in [0.717, 1.165) is 61.9 Å². The van der Waals surface area contributed by atoms with E-state index in [1.807, 2.05) is 39.2 Å². The first-order valence-electron chi connectivity index (χ1n) is 12.6. The summed E-state index contributed by atoms with van der Waals surface area (Å²) in [7, 11) is 4.13. The van der Waals surface area contributed by atoms with Crippen molar-refractivity contribution in [3.05, 3.63) is 65.0 Å². The fourth-order valence-corrected chi connectivity index (χ4v) is 5.02. The SMILES string of the molecule is C/C=C\C=C(\N(CC)CCNC)n1c(C)nc(C(C)N(C)[C@H]2CCCc3cccnc32)c1CO. The van der Waals surface area contributed by atoms with Crippen LogP contribution in [0.1, 0.15) is 74.2 Å². The molecule has 0 amide bonds. The first-order valence-corrected chi connectivity index (χ1v) is 12.6. The minimum Gasteiger partial charge on any atom is -0.390 e. The number of nitrogens with zero attached hydrogens (tertiary/aromatic N) is 5. The Morgan fingerprint density at radius 3 is 2.88 bits per heavy atom. The number of nitrogens with one attached hydrogen (secondary N) is 1. The van der Waals surface area contributed by atoms with Crippen LogP contribution in [-0.4, -0.2) is 63.2 Å². The summed E-state index contributed by atoms with van der Waals surface area (Å²) in [5.74, 6) is 1.93. The number of hydrogen-bond donors (Lipinski definition) is 2. The van der Waals surface area contributed by atoms with Gasteiger partial charge in [-0.15, -0.1) is 0 Å². The summed E-state index contributed by atoms with van der Waals surface area (Å²) in [5.41, 5.74) is 4.32. The van der Waals surface area contributed by atoms with Gasteiger partial charge in [0.1, 0.15) is 11.6 Å². The summed E-state index contributed by atoms with van der Waals surface area (Å²) in [6.45, 7) is 10.9. The van der Waals surface area contributed by atoms with Crippen LogP contribution in [0, 0.1) is 6.92 Å². The molecule has 0 radical (unpaired) electrons. The van der Waals surface area contributed by atoms with E-state index in [2.05, 4.69) is 58.8 Å². The zero-order valence-electron chi connectivity index (χ0n) is 21.8. The van der Waals surface area contributed by atoms with E-state index in [4.69, 9.17) is 9.97 Å². The van der Waals surface area contributed by atoms with Crippen molar-refractivity contribution < 1.29 is 5.11 Å². The van der Waals surface area contributed by atoms with E-state index in [9.17, 15) is 5.11 Å². The van der Waals surface area contributed by atoms with E-state index in [1.165, 1.54) is 11.3 Å². The van der Waals surface area contributed by atoms with Crippen molar-refractivity contribution in [1.29, 1.82) is 0 Å². The Bertz CT molecular complexity index is 995. The minimum absolute atomic E-state index is 0.0374. The number of aliphatic hydroxyl groups excluding tert-OH is 1. The van der Waals surface area contributed by atoms with Crippen LogP contribution in [0.25, 0.3) is 5.82 Å². The zero-order valence-corrected chi connectivity index (χ0v) is 21.8. The molecule has 2 heterocycles. The van der Waals surface area contributed by atoms with Gasteiger partial charge in [0.15, 0.2) is 0 Å². The van der Waals surface area contributed by atoms with Gasteiger partial charge in [0.25, 0.3) is 0 Å². The van der Waals surface area contributed by atoms with Crippen LogP contribution < -0.4 is 5.32 Å². The molecule has 3 rings (SSSR count). The molecular formula is C27H42N6O. The quantitative estimate of drug-likeness (QED) is 0.487. The molecule has 7 heteroatoms. The average molecular weight is 467 g/mol. The molecule has 1 aliphatic rings. The van der Waals surface area contributed by atoms with E-state index < -0.39 is 0 Å². The third kappa shape index (κ3) is 5.43. The van der Waals surface area contributed by atoms with Crippen molar-refractivity contribution in [3.8, 4) is 0 Å². The molecule has 0 aromatic carbocycles. The Morgan fingerprint density at radius 2 is 2.21 bits per heavy atom. The van der Waals surface area contributed by atoms with Crippen LogP contribution in [0.4, 0.5) is 0 Å². The van der Waals surface area contributed by atoms with Gasteiger partial charge in [-0.1, -0.05) is 18.2 Å². The van der Waals surface area contributed by atoms with Crippen molar-refractivity contribution in [2.24, 2.45) is 0 Å². The standard InChI is InChI=1S/C27H42N6O/c1-7-9-15-25(32(8-2)18-17-28-5)33-21(4)30-26(24(33)19-34)20(3)31(6)23-14-10-12-22-13-11-16-29-27(22)23/h7,9,11,13,15-16,20,23,28,34H,8,10,12,14,17-19H2,1-6H3/b9-7-,25-15-/t20?,23-/m0/s1. The third-order valence-electron chi connectivity index (χ3n) is 6.99.